The second-order valence-corrected chi connectivity index (χ2v) is 6.50. The molecule has 0 unspecified atom stereocenters. The maximum absolute atomic E-state index is 12.1. The van der Waals surface area contributed by atoms with E-state index in [1.165, 1.54) is 4.31 Å². The van der Waals surface area contributed by atoms with E-state index in [4.69, 9.17) is 0 Å². The van der Waals surface area contributed by atoms with Gasteiger partial charge in [-0.3, -0.25) is 0 Å². The molecule has 0 saturated carbocycles. The van der Waals surface area contributed by atoms with E-state index in [2.05, 4.69) is 0 Å². The van der Waals surface area contributed by atoms with Crippen LogP contribution in [-0.2, 0) is 10.0 Å². The summed E-state index contributed by atoms with van der Waals surface area (Å²) in [6.07, 6.45) is 0. The molecule has 0 bridgehead atoms. The van der Waals surface area contributed by atoms with Crippen LogP contribution in [0.4, 0.5) is 4.79 Å². The highest BCUT2D eigenvalue weighted by Gasteiger charge is 2.28. The molecule has 18 heavy (non-hydrogen) atoms. The van der Waals surface area contributed by atoms with E-state index >= 15 is 0 Å². The first-order chi connectivity index (χ1) is 8.46. The van der Waals surface area contributed by atoms with Gasteiger partial charge in [0.2, 0.25) is 10.0 Å². The largest absolute Gasteiger partial charge is 0.325 e. The molecule has 0 aromatic rings. The minimum absolute atomic E-state index is 0.00791. The molecule has 0 aromatic carbocycles. The Kier molecular flexibility index (Phi) is 5.40. The quantitative estimate of drug-likeness (QED) is 0.748. The molecule has 2 amide bonds. The Balaban J connectivity index is 2.57. The summed E-state index contributed by atoms with van der Waals surface area (Å²) in [6.45, 7) is 8.67. The number of amides is 2. The first kappa shape index (κ1) is 15.2. The van der Waals surface area contributed by atoms with Crippen LogP contribution >= 0.6 is 0 Å². The van der Waals surface area contributed by atoms with Gasteiger partial charge in [0, 0.05) is 39.3 Å². The van der Waals surface area contributed by atoms with Crippen molar-refractivity contribution in [3.8, 4) is 0 Å². The number of hydrogen-bond acceptors (Lipinski definition) is 3. The third-order valence-corrected chi connectivity index (χ3v) is 5.18. The van der Waals surface area contributed by atoms with Crippen LogP contribution in [0.1, 0.15) is 20.8 Å². The molecule has 1 aliphatic heterocycles. The predicted molar refractivity (Wildman–Crippen MR) is 70.9 cm³/mol. The summed E-state index contributed by atoms with van der Waals surface area (Å²) < 4.78 is 24.8. The van der Waals surface area contributed by atoms with E-state index in [1.54, 1.807) is 16.7 Å². The summed E-state index contributed by atoms with van der Waals surface area (Å²) in [5.41, 5.74) is 0. The fourth-order valence-corrected chi connectivity index (χ4v) is 3.12. The summed E-state index contributed by atoms with van der Waals surface area (Å²) >= 11 is 0. The fraction of sp³-hybridized carbons (Fsp3) is 0.909. The lowest BCUT2D eigenvalue weighted by Crippen LogP contribution is -2.54. The monoisotopic (exact) mass is 277 g/mol. The third kappa shape index (κ3) is 3.35. The minimum Gasteiger partial charge on any atom is -0.325 e. The average molecular weight is 277 g/mol. The standard InChI is InChI=1S/C11H23N3O3S/c1-4-12(5-2)11(15)13-7-9-14(10-8-13)18(16,17)6-3/h4-10H2,1-3H3. The molecule has 0 radical (unpaired) electrons. The summed E-state index contributed by atoms with van der Waals surface area (Å²) in [7, 11) is -3.12. The number of urea groups is 1. The van der Waals surface area contributed by atoms with Crippen molar-refractivity contribution in [2.75, 3.05) is 45.0 Å². The molecule has 0 N–H and O–H groups in total. The second-order valence-electron chi connectivity index (χ2n) is 4.24. The van der Waals surface area contributed by atoms with Crippen molar-refractivity contribution in [3.63, 3.8) is 0 Å². The van der Waals surface area contributed by atoms with Crippen LogP contribution in [0.3, 0.4) is 0 Å². The Morgan fingerprint density at radius 3 is 1.94 bits per heavy atom. The van der Waals surface area contributed by atoms with Crippen LogP contribution in [0.5, 0.6) is 0 Å². The average Bonchev–Trinajstić information content (AvgIpc) is 2.40. The minimum atomic E-state index is -3.12. The molecule has 1 fully saturated rings. The molecule has 0 spiro atoms. The molecule has 6 nitrogen and oxygen atoms in total. The number of sulfonamides is 1. The number of hydrogen-bond donors (Lipinski definition) is 0. The van der Waals surface area contributed by atoms with Gasteiger partial charge in [-0.05, 0) is 20.8 Å². The van der Waals surface area contributed by atoms with E-state index in [9.17, 15) is 13.2 Å². The lowest BCUT2D eigenvalue weighted by Gasteiger charge is -2.36. The number of carbonyl (C=O) groups is 1. The Hall–Kier alpha value is -0.820. The van der Waals surface area contributed by atoms with E-state index in [-0.39, 0.29) is 11.8 Å². The van der Waals surface area contributed by atoms with Crippen molar-refractivity contribution in [1.29, 1.82) is 0 Å². The van der Waals surface area contributed by atoms with Crippen molar-refractivity contribution < 1.29 is 13.2 Å². The Morgan fingerprint density at radius 1 is 1.06 bits per heavy atom. The highest BCUT2D eigenvalue weighted by molar-refractivity contribution is 7.89. The van der Waals surface area contributed by atoms with E-state index in [0.717, 1.165) is 0 Å². The van der Waals surface area contributed by atoms with Gasteiger partial charge in [-0.25, -0.2) is 13.2 Å². The molecule has 1 saturated heterocycles. The molecule has 0 atom stereocenters. The van der Waals surface area contributed by atoms with Crippen molar-refractivity contribution in [1.82, 2.24) is 14.1 Å². The topological polar surface area (TPSA) is 60.9 Å². The zero-order chi connectivity index (χ0) is 13.8. The van der Waals surface area contributed by atoms with Crippen LogP contribution in [0, 0.1) is 0 Å². The maximum Gasteiger partial charge on any atom is 0.320 e. The third-order valence-electron chi connectivity index (χ3n) is 3.30. The van der Waals surface area contributed by atoms with Crippen molar-refractivity contribution in [2.45, 2.75) is 20.8 Å². The number of carbonyl (C=O) groups excluding carboxylic acids is 1. The molecule has 0 aliphatic carbocycles. The Morgan fingerprint density at radius 2 is 1.56 bits per heavy atom. The molecule has 1 heterocycles. The predicted octanol–water partition coefficient (Wildman–Crippen LogP) is 0.416. The van der Waals surface area contributed by atoms with Crippen LogP contribution in [-0.4, -0.2) is 73.6 Å². The van der Waals surface area contributed by atoms with Gasteiger partial charge < -0.3 is 9.80 Å². The smallest absolute Gasteiger partial charge is 0.320 e. The van der Waals surface area contributed by atoms with Gasteiger partial charge in [0.05, 0.1) is 5.75 Å². The van der Waals surface area contributed by atoms with Gasteiger partial charge in [0.15, 0.2) is 0 Å². The lowest BCUT2D eigenvalue weighted by molar-refractivity contribution is 0.138. The summed E-state index contributed by atoms with van der Waals surface area (Å²) in [4.78, 5) is 15.6. The van der Waals surface area contributed by atoms with Crippen molar-refractivity contribution >= 4 is 16.1 Å². The van der Waals surface area contributed by atoms with Gasteiger partial charge >= 0.3 is 6.03 Å². The number of rotatable bonds is 4. The van der Waals surface area contributed by atoms with Gasteiger partial charge in [-0.2, -0.15) is 4.31 Å². The van der Waals surface area contributed by atoms with E-state index in [1.807, 2.05) is 13.8 Å². The first-order valence-electron chi connectivity index (χ1n) is 6.47. The molecular formula is C11H23N3O3S. The highest BCUT2D eigenvalue weighted by atomic mass is 32.2. The van der Waals surface area contributed by atoms with E-state index in [0.29, 0.717) is 39.3 Å². The van der Waals surface area contributed by atoms with Gasteiger partial charge in [-0.1, -0.05) is 0 Å². The SMILES string of the molecule is CCN(CC)C(=O)N1CCN(S(=O)(=O)CC)CC1. The van der Waals surface area contributed by atoms with Crippen LogP contribution in [0.15, 0.2) is 0 Å². The first-order valence-corrected chi connectivity index (χ1v) is 8.08. The van der Waals surface area contributed by atoms with E-state index < -0.39 is 10.0 Å². The number of piperazine rings is 1. The molecule has 7 heteroatoms. The van der Waals surface area contributed by atoms with Crippen molar-refractivity contribution in [3.05, 3.63) is 0 Å². The maximum atomic E-state index is 12.1. The number of nitrogens with zero attached hydrogens (tertiary/aromatic N) is 3. The highest BCUT2D eigenvalue weighted by Crippen LogP contribution is 2.10. The van der Waals surface area contributed by atoms with Gasteiger partial charge in [0.1, 0.15) is 0 Å². The Labute approximate surface area is 110 Å². The molecular weight excluding hydrogens is 254 g/mol. The van der Waals surface area contributed by atoms with Crippen LogP contribution < -0.4 is 0 Å². The summed E-state index contributed by atoms with van der Waals surface area (Å²) in [5, 5.41) is 0. The second kappa shape index (κ2) is 6.38. The van der Waals surface area contributed by atoms with Gasteiger partial charge in [-0.15, -0.1) is 0 Å². The van der Waals surface area contributed by atoms with Crippen molar-refractivity contribution in [2.24, 2.45) is 0 Å². The molecule has 1 aliphatic rings. The normalized spacial score (nSPS) is 17.8. The van der Waals surface area contributed by atoms with Gasteiger partial charge in [0.25, 0.3) is 0 Å². The summed E-state index contributed by atoms with van der Waals surface area (Å²) in [5.74, 6) is 0.122. The zero-order valence-corrected chi connectivity index (χ0v) is 12.2. The molecule has 0 aromatic heterocycles. The summed E-state index contributed by atoms with van der Waals surface area (Å²) in [6, 6.07) is 0.00791. The molecule has 106 valence electrons. The van der Waals surface area contributed by atoms with Crippen LogP contribution in [0.25, 0.3) is 0 Å². The van der Waals surface area contributed by atoms with Crippen LogP contribution in [0.2, 0.25) is 0 Å². The fourth-order valence-electron chi connectivity index (χ4n) is 2.03. The molecule has 1 rings (SSSR count). The lowest BCUT2D eigenvalue weighted by atomic mass is 10.4. The zero-order valence-electron chi connectivity index (χ0n) is 11.4. The Bertz CT molecular complexity index is 371.